The maximum atomic E-state index is 11.6. The standard InChI is InChI=1S/C13H15N3O/c1-16-9-11(12(17)15-13(16)14)8-7-10-5-3-2-4-6-10/h2-6,9H,7-8H2,1H3,(H2,14,15,17). The maximum absolute atomic E-state index is 11.6. The number of aryl methyl sites for hydroxylation is 3. The van der Waals surface area contributed by atoms with Crippen LogP contribution in [0.15, 0.2) is 41.3 Å². The lowest BCUT2D eigenvalue weighted by molar-refractivity contribution is 0.825. The number of aromatic nitrogens is 2. The second-order valence-corrected chi connectivity index (χ2v) is 4.03. The number of nitrogens with zero attached hydrogens (tertiary/aromatic N) is 2. The topological polar surface area (TPSA) is 60.9 Å². The first kappa shape index (κ1) is 11.4. The van der Waals surface area contributed by atoms with Crippen molar-refractivity contribution in [3.8, 4) is 0 Å². The zero-order chi connectivity index (χ0) is 12.3. The van der Waals surface area contributed by atoms with Gasteiger partial charge >= 0.3 is 0 Å². The van der Waals surface area contributed by atoms with Gasteiger partial charge in [-0.3, -0.25) is 4.79 Å². The van der Waals surface area contributed by atoms with Gasteiger partial charge in [0.2, 0.25) is 5.95 Å². The SMILES string of the molecule is Cn1cc(CCc2ccccc2)c(=O)nc1N. The molecule has 0 amide bonds. The highest BCUT2D eigenvalue weighted by Gasteiger charge is 2.04. The minimum atomic E-state index is -0.225. The summed E-state index contributed by atoms with van der Waals surface area (Å²) in [5, 5.41) is 0. The molecule has 0 bridgehead atoms. The molecule has 0 aliphatic rings. The van der Waals surface area contributed by atoms with Crippen LogP contribution in [0, 0.1) is 0 Å². The molecule has 0 spiro atoms. The van der Waals surface area contributed by atoms with Crippen molar-refractivity contribution in [1.82, 2.24) is 9.55 Å². The Kier molecular flexibility index (Phi) is 3.23. The second kappa shape index (κ2) is 4.82. The molecule has 2 rings (SSSR count). The quantitative estimate of drug-likeness (QED) is 0.858. The van der Waals surface area contributed by atoms with Crippen LogP contribution in [0.1, 0.15) is 11.1 Å². The van der Waals surface area contributed by atoms with E-state index in [9.17, 15) is 4.79 Å². The predicted molar refractivity (Wildman–Crippen MR) is 67.7 cm³/mol. The van der Waals surface area contributed by atoms with Crippen LogP contribution in [-0.2, 0) is 19.9 Å². The molecule has 17 heavy (non-hydrogen) atoms. The number of nitrogen functional groups attached to an aromatic ring is 1. The highest BCUT2D eigenvalue weighted by Crippen LogP contribution is 2.04. The van der Waals surface area contributed by atoms with Crippen LogP contribution in [-0.4, -0.2) is 9.55 Å². The second-order valence-electron chi connectivity index (χ2n) is 4.03. The molecule has 1 aromatic carbocycles. The average molecular weight is 229 g/mol. The van der Waals surface area contributed by atoms with Crippen LogP contribution in [0.3, 0.4) is 0 Å². The Morgan fingerprint density at radius 3 is 2.65 bits per heavy atom. The Balaban J connectivity index is 2.15. The van der Waals surface area contributed by atoms with E-state index in [1.807, 2.05) is 18.2 Å². The Bertz CT molecular complexity index is 561. The van der Waals surface area contributed by atoms with Gasteiger partial charge in [0.05, 0.1) is 0 Å². The molecule has 88 valence electrons. The van der Waals surface area contributed by atoms with E-state index < -0.39 is 0 Å². The van der Waals surface area contributed by atoms with Crippen LogP contribution >= 0.6 is 0 Å². The van der Waals surface area contributed by atoms with Gasteiger partial charge in [-0.15, -0.1) is 0 Å². The number of rotatable bonds is 3. The van der Waals surface area contributed by atoms with Crippen molar-refractivity contribution in [2.75, 3.05) is 5.73 Å². The molecular weight excluding hydrogens is 214 g/mol. The normalized spacial score (nSPS) is 10.4. The van der Waals surface area contributed by atoms with Gasteiger partial charge in [-0.1, -0.05) is 30.3 Å². The van der Waals surface area contributed by atoms with Crippen molar-refractivity contribution in [1.29, 1.82) is 0 Å². The third-order valence-corrected chi connectivity index (χ3v) is 2.73. The van der Waals surface area contributed by atoms with E-state index in [0.717, 1.165) is 6.42 Å². The third kappa shape index (κ3) is 2.72. The first-order valence-corrected chi connectivity index (χ1v) is 5.53. The van der Waals surface area contributed by atoms with Crippen LogP contribution in [0.2, 0.25) is 0 Å². The van der Waals surface area contributed by atoms with E-state index in [4.69, 9.17) is 5.73 Å². The van der Waals surface area contributed by atoms with Crippen molar-refractivity contribution in [2.45, 2.75) is 12.8 Å². The van der Waals surface area contributed by atoms with Crippen LogP contribution in [0.5, 0.6) is 0 Å². The first-order valence-electron chi connectivity index (χ1n) is 5.53. The van der Waals surface area contributed by atoms with Crippen molar-refractivity contribution in [2.24, 2.45) is 7.05 Å². The molecule has 0 fully saturated rings. The monoisotopic (exact) mass is 229 g/mol. The molecule has 0 aliphatic heterocycles. The molecule has 0 saturated heterocycles. The lowest BCUT2D eigenvalue weighted by atomic mass is 10.1. The van der Waals surface area contributed by atoms with Crippen molar-refractivity contribution in [3.05, 3.63) is 58.0 Å². The summed E-state index contributed by atoms with van der Waals surface area (Å²) in [5.41, 5.74) is 7.24. The Morgan fingerprint density at radius 2 is 1.94 bits per heavy atom. The summed E-state index contributed by atoms with van der Waals surface area (Å²) in [6.45, 7) is 0. The number of hydrogen-bond acceptors (Lipinski definition) is 3. The summed E-state index contributed by atoms with van der Waals surface area (Å²) < 4.78 is 1.67. The fraction of sp³-hybridized carbons (Fsp3) is 0.231. The minimum absolute atomic E-state index is 0.225. The maximum Gasteiger partial charge on any atom is 0.277 e. The van der Waals surface area contributed by atoms with Crippen molar-refractivity contribution in [3.63, 3.8) is 0 Å². The average Bonchev–Trinajstić information content (AvgIpc) is 2.33. The van der Waals surface area contributed by atoms with Gasteiger partial charge < -0.3 is 10.3 Å². The Labute approximate surface area is 99.7 Å². The molecular formula is C13H15N3O. The summed E-state index contributed by atoms with van der Waals surface area (Å²) in [5.74, 6) is 0.249. The number of benzene rings is 1. The molecule has 0 saturated carbocycles. The van der Waals surface area contributed by atoms with E-state index in [1.165, 1.54) is 5.56 Å². The number of anilines is 1. The molecule has 4 heteroatoms. The Morgan fingerprint density at radius 1 is 1.24 bits per heavy atom. The summed E-state index contributed by atoms with van der Waals surface area (Å²) in [7, 11) is 1.79. The summed E-state index contributed by atoms with van der Waals surface area (Å²) in [6.07, 6.45) is 3.28. The van der Waals surface area contributed by atoms with Crippen molar-refractivity contribution < 1.29 is 0 Å². The lowest BCUT2D eigenvalue weighted by Crippen LogP contribution is -2.19. The minimum Gasteiger partial charge on any atom is -0.369 e. The van der Waals surface area contributed by atoms with Gasteiger partial charge in [0.15, 0.2) is 0 Å². The van der Waals surface area contributed by atoms with Gasteiger partial charge in [-0.25, -0.2) is 0 Å². The molecule has 0 atom stereocenters. The van der Waals surface area contributed by atoms with Crippen LogP contribution in [0.4, 0.5) is 5.95 Å². The van der Waals surface area contributed by atoms with Crippen LogP contribution < -0.4 is 11.3 Å². The fourth-order valence-electron chi connectivity index (χ4n) is 1.70. The fourth-order valence-corrected chi connectivity index (χ4v) is 1.70. The van der Waals surface area contributed by atoms with Gasteiger partial charge in [0, 0.05) is 18.8 Å². The highest BCUT2D eigenvalue weighted by molar-refractivity contribution is 5.22. The summed E-state index contributed by atoms with van der Waals surface area (Å²) in [6, 6.07) is 10.1. The van der Waals surface area contributed by atoms with E-state index in [0.29, 0.717) is 12.0 Å². The molecule has 4 nitrogen and oxygen atoms in total. The summed E-state index contributed by atoms with van der Waals surface area (Å²) >= 11 is 0. The molecule has 2 aromatic rings. The zero-order valence-electron chi connectivity index (χ0n) is 9.76. The van der Waals surface area contributed by atoms with E-state index in [-0.39, 0.29) is 11.5 Å². The number of nitrogens with two attached hydrogens (primary N) is 1. The van der Waals surface area contributed by atoms with E-state index in [2.05, 4.69) is 17.1 Å². The van der Waals surface area contributed by atoms with Gasteiger partial charge in [-0.2, -0.15) is 4.98 Å². The number of hydrogen-bond donors (Lipinski definition) is 1. The van der Waals surface area contributed by atoms with Gasteiger partial charge in [0.25, 0.3) is 5.56 Å². The van der Waals surface area contributed by atoms with E-state index >= 15 is 0 Å². The molecule has 2 N–H and O–H groups in total. The van der Waals surface area contributed by atoms with Gasteiger partial charge in [-0.05, 0) is 18.4 Å². The lowest BCUT2D eigenvalue weighted by Gasteiger charge is -2.05. The van der Waals surface area contributed by atoms with Crippen molar-refractivity contribution >= 4 is 5.95 Å². The smallest absolute Gasteiger partial charge is 0.277 e. The molecule has 1 aromatic heterocycles. The van der Waals surface area contributed by atoms with Crippen LogP contribution in [0.25, 0.3) is 0 Å². The highest BCUT2D eigenvalue weighted by atomic mass is 16.1. The molecule has 1 heterocycles. The Hall–Kier alpha value is -2.10. The predicted octanol–water partition coefficient (Wildman–Crippen LogP) is 1.15. The molecule has 0 aliphatic carbocycles. The van der Waals surface area contributed by atoms with E-state index in [1.54, 1.807) is 17.8 Å². The zero-order valence-corrected chi connectivity index (χ0v) is 9.76. The first-order chi connectivity index (χ1) is 8.16. The molecule has 0 unspecified atom stereocenters. The third-order valence-electron chi connectivity index (χ3n) is 2.73. The van der Waals surface area contributed by atoms with Gasteiger partial charge in [0.1, 0.15) is 0 Å². The largest absolute Gasteiger partial charge is 0.369 e. The molecule has 0 radical (unpaired) electrons. The summed E-state index contributed by atoms with van der Waals surface area (Å²) in [4.78, 5) is 15.4.